The lowest BCUT2D eigenvalue weighted by Gasteiger charge is -2.07. The molecule has 32 heavy (non-hydrogen) atoms. The van der Waals surface area contributed by atoms with E-state index in [0.717, 1.165) is 5.57 Å². The number of hydrogen-bond donors (Lipinski definition) is 2. The van der Waals surface area contributed by atoms with Gasteiger partial charge in [-0.1, -0.05) is 28.9 Å². The van der Waals surface area contributed by atoms with Crippen LogP contribution in [-0.2, 0) is 11.3 Å². The van der Waals surface area contributed by atoms with Crippen molar-refractivity contribution in [1.82, 2.24) is 24.9 Å². The van der Waals surface area contributed by atoms with Crippen LogP contribution in [0, 0.1) is 5.82 Å². The van der Waals surface area contributed by atoms with Crippen molar-refractivity contribution in [3.05, 3.63) is 71.9 Å². The van der Waals surface area contributed by atoms with Crippen molar-refractivity contribution >= 4 is 17.4 Å². The third-order valence-corrected chi connectivity index (χ3v) is 4.48. The van der Waals surface area contributed by atoms with Crippen molar-refractivity contribution < 1.29 is 13.7 Å². The fourth-order valence-corrected chi connectivity index (χ4v) is 3.03. The molecule has 3 heterocycles. The maximum absolute atomic E-state index is 14.2. The van der Waals surface area contributed by atoms with Crippen LogP contribution in [0.15, 0.2) is 65.0 Å². The summed E-state index contributed by atoms with van der Waals surface area (Å²) in [6.45, 7) is 3.79. The molecule has 9 nitrogen and oxygen atoms in total. The highest BCUT2D eigenvalue weighted by Crippen LogP contribution is 2.26. The van der Waals surface area contributed by atoms with E-state index in [1.807, 2.05) is 13.8 Å². The second-order valence-electron chi connectivity index (χ2n) is 7.25. The molecule has 10 heteroatoms. The monoisotopic (exact) mass is 433 g/mol. The number of amides is 1. The smallest absolute Gasteiger partial charge is 0.248 e. The molecular formula is C22H20FN7O2. The molecule has 4 aromatic rings. The number of aromatic nitrogens is 5. The van der Waals surface area contributed by atoms with E-state index in [1.54, 1.807) is 35.0 Å². The van der Waals surface area contributed by atoms with Crippen LogP contribution in [0.4, 0.5) is 15.9 Å². The third kappa shape index (κ3) is 4.53. The average Bonchev–Trinajstić information content (AvgIpc) is 3.40. The van der Waals surface area contributed by atoms with Gasteiger partial charge in [0, 0.05) is 17.7 Å². The van der Waals surface area contributed by atoms with Crippen LogP contribution >= 0.6 is 0 Å². The van der Waals surface area contributed by atoms with Crippen molar-refractivity contribution in [3.8, 4) is 22.9 Å². The number of allylic oxidation sites excluding steroid dienone is 1. The number of benzene rings is 1. The summed E-state index contributed by atoms with van der Waals surface area (Å²) in [4.78, 5) is 20.5. The molecule has 0 aliphatic heterocycles. The fraction of sp³-hybridized carbons (Fsp3) is 0.136. The van der Waals surface area contributed by atoms with Gasteiger partial charge in [0.2, 0.25) is 5.91 Å². The molecule has 0 saturated carbocycles. The van der Waals surface area contributed by atoms with E-state index in [0.29, 0.717) is 28.3 Å². The summed E-state index contributed by atoms with van der Waals surface area (Å²) in [5.41, 5.74) is 9.16. The molecule has 0 spiro atoms. The van der Waals surface area contributed by atoms with E-state index in [4.69, 9.17) is 10.3 Å². The summed E-state index contributed by atoms with van der Waals surface area (Å²) >= 11 is 0. The van der Waals surface area contributed by atoms with Crippen LogP contribution in [0.5, 0.6) is 0 Å². The molecule has 3 aromatic heterocycles. The fourth-order valence-electron chi connectivity index (χ4n) is 3.03. The van der Waals surface area contributed by atoms with Crippen molar-refractivity contribution in [2.75, 3.05) is 11.1 Å². The first-order chi connectivity index (χ1) is 15.4. The van der Waals surface area contributed by atoms with E-state index in [9.17, 15) is 9.18 Å². The van der Waals surface area contributed by atoms with Crippen molar-refractivity contribution in [1.29, 1.82) is 0 Å². The number of nitrogen functional groups attached to an aromatic ring is 1. The topological polar surface area (TPSA) is 125 Å². The van der Waals surface area contributed by atoms with Gasteiger partial charge in [0.25, 0.3) is 0 Å². The Morgan fingerprint density at radius 2 is 2.06 bits per heavy atom. The van der Waals surface area contributed by atoms with Gasteiger partial charge in [-0.2, -0.15) is 5.10 Å². The third-order valence-electron chi connectivity index (χ3n) is 4.48. The molecule has 0 atom stereocenters. The molecule has 0 fully saturated rings. The lowest BCUT2D eigenvalue weighted by atomic mass is 10.2. The number of carbonyl (C=O) groups is 1. The molecule has 0 saturated heterocycles. The van der Waals surface area contributed by atoms with Crippen LogP contribution in [0.3, 0.4) is 0 Å². The minimum atomic E-state index is -0.340. The molecule has 3 N–H and O–H groups in total. The minimum Gasteiger partial charge on any atom is -0.382 e. The molecule has 0 bridgehead atoms. The van der Waals surface area contributed by atoms with Gasteiger partial charge in [-0.15, -0.1) is 0 Å². The van der Waals surface area contributed by atoms with Gasteiger partial charge in [0.15, 0.2) is 11.6 Å². The van der Waals surface area contributed by atoms with Crippen LogP contribution in [0.25, 0.3) is 22.9 Å². The largest absolute Gasteiger partial charge is 0.382 e. The first-order valence-corrected chi connectivity index (χ1v) is 9.71. The predicted octanol–water partition coefficient (Wildman–Crippen LogP) is 3.67. The Morgan fingerprint density at radius 1 is 1.25 bits per heavy atom. The van der Waals surface area contributed by atoms with Gasteiger partial charge in [-0.25, -0.2) is 14.4 Å². The molecule has 162 valence electrons. The van der Waals surface area contributed by atoms with E-state index in [2.05, 4.69) is 25.5 Å². The quantitative estimate of drug-likeness (QED) is 0.445. The predicted molar refractivity (Wildman–Crippen MR) is 117 cm³/mol. The van der Waals surface area contributed by atoms with Gasteiger partial charge >= 0.3 is 0 Å². The Bertz CT molecular complexity index is 1290. The second-order valence-corrected chi connectivity index (χ2v) is 7.25. The van der Waals surface area contributed by atoms with Crippen LogP contribution in [-0.4, -0.2) is 30.8 Å². The first-order valence-electron chi connectivity index (χ1n) is 9.71. The number of rotatable bonds is 6. The summed E-state index contributed by atoms with van der Waals surface area (Å²) in [6.07, 6.45) is 4.30. The SMILES string of the molecule is CC(C)=CC(=O)Nc1cnc(-c2cc(-c3ccon3)n(Cc3ccccc3F)n2)nc1N. The first kappa shape index (κ1) is 20.9. The Kier molecular flexibility index (Phi) is 5.75. The Labute approximate surface area is 182 Å². The van der Waals surface area contributed by atoms with E-state index >= 15 is 0 Å². The van der Waals surface area contributed by atoms with E-state index < -0.39 is 0 Å². The number of carbonyl (C=O) groups excluding carboxylic acids is 1. The van der Waals surface area contributed by atoms with E-state index in [-0.39, 0.29) is 29.9 Å². The zero-order chi connectivity index (χ0) is 22.7. The lowest BCUT2D eigenvalue weighted by Crippen LogP contribution is -2.12. The molecular weight excluding hydrogens is 413 g/mol. The lowest BCUT2D eigenvalue weighted by molar-refractivity contribution is -0.111. The summed E-state index contributed by atoms with van der Waals surface area (Å²) in [7, 11) is 0. The number of nitrogens with one attached hydrogen (secondary N) is 1. The second kappa shape index (κ2) is 8.80. The Balaban J connectivity index is 1.68. The van der Waals surface area contributed by atoms with Gasteiger partial charge < -0.3 is 15.6 Å². The summed E-state index contributed by atoms with van der Waals surface area (Å²) in [5, 5.41) is 11.1. The molecule has 0 unspecified atom stereocenters. The highest BCUT2D eigenvalue weighted by molar-refractivity contribution is 6.01. The molecule has 1 amide bonds. The van der Waals surface area contributed by atoms with Gasteiger partial charge in [0.1, 0.15) is 29.2 Å². The van der Waals surface area contributed by atoms with Gasteiger partial charge in [0.05, 0.1) is 18.4 Å². The minimum absolute atomic E-state index is 0.0946. The van der Waals surface area contributed by atoms with E-state index in [1.165, 1.54) is 24.6 Å². The number of hydrogen-bond acceptors (Lipinski definition) is 7. The molecule has 0 radical (unpaired) electrons. The number of nitrogens with zero attached hydrogens (tertiary/aromatic N) is 5. The molecule has 0 aliphatic carbocycles. The number of anilines is 2. The molecule has 1 aromatic carbocycles. The maximum atomic E-state index is 14.2. The normalized spacial score (nSPS) is 10.7. The molecule has 0 aliphatic rings. The number of halogens is 1. The molecule has 4 rings (SSSR count). The van der Waals surface area contributed by atoms with Gasteiger partial charge in [-0.3, -0.25) is 9.48 Å². The maximum Gasteiger partial charge on any atom is 0.248 e. The summed E-state index contributed by atoms with van der Waals surface area (Å²) in [5.74, 6) is -0.319. The zero-order valence-corrected chi connectivity index (χ0v) is 17.4. The standard InChI is InChI=1S/C22H20FN7O2/c1-13(2)9-20(31)26-18-11-25-22(27-21(18)24)17-10-19(16-7-8-32-29-16)30(28-17)12-14-5-3-4-6-15(14)23/h3-11H,12H2,1-2H3,(H,26,31)(H2,24,25,27). The highest BCUT2D eigenvalue weighted by atomic mass is 19.1. The Morgan fingerprint density at radius 3 is 2.75 bits per heavy atom. The summed E-state index contributed by atoms with van der Waals surface area (Å²) < 4.78 is 20.7. The Hall–Kier alpha value is -4.34. The van der Waals surface area contributed by atoms with Gasteiger partial charge in [-0.05, 0) is 26.0 Å². The van der Waals surface area contributed by atoms with Crippen LogP contribution in [0.1, 0.15) is 19.4 Å². The van der Waals surface area contributed by atoms with Crippen molar-refractivity contribution in [2.24, 2.45) is 0 Å². The van der Waals surface area contributed by atoms with Crippen LogP contribution in [0.2, 0.25) is 0 Å². The van der Waals surface area contributed by atoms with Crippen molar-refractivity contribution in [2.45, 2.75) is 20.4 Å². The van der Waals surface area contributed by atoms with Crippen LogP contribution < -0.4 is 11.1 Å². The average molecular weight is 433 g/mol. The van der Waals surface area contributed by atoms with Crippen molar-refractivity contribution in [3.63, 3.8) is 0 Å². The number of nitrogens with two attached hydrogens (primary N) is 1. The zero-order valence-electron chi connectivity index (χ0n) is 17.4. The summed E-state index contributed by atoms with van der Waals surface area (Å²) in [6, 6.07) is 9.85. The highest BCUT2D eigenvalue weighted by Gasteiger charge is 2.18.